The van der Waals surface area contributed by atoms with Crippen molar-refractivity contribution in [2.45, 2.75) is 154 Å². The zero-order valence-electron chi connectivity index (χ0n) is 31.9. The summed E-state index contributed by atoms with van der Waals surface area (Å²) in [4.78, 5) is 45.7. The van der Waals surface area contributed by atoms with Gasteiger partial charge < -0.3 is 25.2 Å². The average Bonchev–Trinajstić information content (AvgIpc) is 3.12. The lowest BCUT2D eigenvalue weighted by molar-refractivity contribution is -0.161. The van der Waals surface area contributed by atoms with E-state index in [4.69, 9.17) is 24.8 Å². The molecule has 0 aromatic heterocycles. The van der Waals surface area contributed by atoms with Gasteiger partial charge in [0.25, 0.3) is 0 Å². The molecule has 0 spiro atoms. The van der Waals surface area contributed by atoms with E-state index in [1.165, 1.54) is 32.1 Å². The van der Waals surface area contributed by atoms with Crippen LogP contribution < -0.4 is 5.73 Å². The Morgan fingerprint density at radius 1 is 0.615 bits per heavy atom. The van der Waals surface area contributed by atoms with Crippen LogP contribution in [0.15, 0.2) is 60.8 Å². The largest absolute Gasteiger partial charge is 0.480 e. The zero-order chi connectivity index (χ0) is 38.5. The Kier molecular flexibility index (Phi) is 33.3. The number of carboxylic acid groups (broad SMARTS) is 1. The highest BCUT2D eigenvalue weighted by molar-refractivity contribution is 7.47. The molecule has 4 N–H and O–H groups in total. The van der Waals surface area contributed by atoms with Crippen LogP contribution in [-0.4, -0.2) is 59.9 Å². The number of hydrogen-bond donors (Lipinski definition) is 3. The smallest absolute Gasteiger partial charge is 0.472 e. The highest BCUT2D eigenvalue weighted by atomic mass is 31.2. The molecule has 0 fully saturated rings. The van der Waals surface area contributed by atoms with Crippen molar-refractivity contribution >= 4 is 25.7 Å². The van der Waals surface area contributed by atoms with Gasteiger partial charge in [-0.1, -0.05) is 132 Å². The van der Waals surface area contributed by atoms with Crippen LogP contribution in [0.1, 0.15) is 142 Å². The van der Waals surface area contributed by atoms with Crippen LogP contribution in [0.2, 0.25) is 0 Å². The predicted octanol–water partition coefficient (Wildman–Crippen LogP) is 9.61. The summed E-state index contributed by atoms with van der Waals surface area (Å²) in [6, 6.07) is -1.53. The van der Waals surface area contributed by atoms with Gasteiger partial charge in [-0.25, -0.2) is 4.57 Å². The van der Waals surface area contributed by atoms with E-state index in [0.717, 1.165) is 70.6 Å². The molecule has 0 rings (SSSR count). The summed E-state index contributed by atoms with van der Waals surface area (Å²) in [5.41, 5.74) is 5.31. The Morgan fingerprint density at radius 2 is 1.08 bits per heavy atom. The van der Waals surface area contributed by atoms with E-state index in [-0.39, 0.29) is 19.4 Å². The molecule has 0 bridgehead atoms. The fourth-order valence-corrected chi connectivity index (χ4v) is 5.51. The van der Waals surface area contributed by atoms with Crippen LogP contribution in [-0.2, 0) is 37.5 Å². The third kappa shape index (κ3) is 34.3. The van der Waals surface area contributed by atoms with Gasteiger partial charge in [0.1, 0.15) is 12.6 Å². The van der Waals surface area contributed by atoms with Crippen LogP contribution >= 0.6 is 7.82 Å². The van der Waals surface area contributed by atoms with E-state index in [1.54, 1.807) is 0 Å². The lowest BCUT2D eigenvalue weighted by Crippen LogP contribution is -2.34. The molecule has 0 aliphatic heterocycles. The van der Waals surface area contributed by atoms with Gasteiger partial charge in [-0.15, -0.1) is 0 Å². The minimum absolute atomic E-state index is 0.120. The molecule has 0 radical (unpaired) electrons. The number of phosphoric ester groups is 1. The van der Waals surface area contributed by atoms with E-state index in [0.29, 0.717) is 12.8 Å². The minimum atomic E-state index is -4.72. The molecule has 0 aromatic rings. The van der Waals surface area contributed by atoms with Crippen LogP contribution in [0.25, 0.3) is 0 Å². The maximum atomic E-state index is 12.6. The standard InChI is InChI=1S/C40H68NO10P/c1-3-5-7-9-11-13-14-15-16-17-18-19-20-21-22-24-26-28-30-32-39(43)51-36(34-49-52(46,47)50-35-37(41)40(44)45)33-48-38(42)31-29-27-25-23-12-10-8-6-4-2/h5,7,11,13,15-16,18-19,21-22,36-37H,3-4,6,8-10,12,14,17,20,23-35,41H2,1-2H3,(H,44,45)(H,46,47)/b7-5+,13-11+,16-15+,19-18+,22-21+/t36-,37-/m0/s1. The molecule has 52 heavy (non-hydrogen) atoms. The molecule has 0 saturated carbocycles. The first-order chi connectivity index (χ1) is 25.1. The minimum Gasteiger partial charge on any atom is -0.480 e. The second-order valence-corrected chi connectivity index (χ2v) is 14.1. The Morgan fingerprint density at radius 3 is 1.62 bits per heavy atom. The predicted molar refractivity (Wildman–Crippen MR) is 208 cm³/mol. The van der Waals surface area contributed by atoms with Crippen molar-refractivity contribution in [3.63, 3.8) is 0 Å². The molecule has 1 unspecified atom stereocenters. The van der Waals surface area contributed by atoms with Crippen molar-refractivity contribution in [1.29, 1.82) is 0 Å². The molecule has 0 amide bonds. The number of nitrogens with two attached hydrogens (primary N) is 1. The number of carbonyl (C=O) groups excluding carboxylic acids is 2. The Balaban J connectivity index is 4.48. The number of esters is 2. The summed E-state index contributed by atoms with van der Waals surface area (Å²) in [6.45, 7) is 2.60. The number of carbonyl (C=O) groups is 3. The number of phosphoric acid groups is 1. The molecule has 11 nitrogen and oxygen atoms in total. The maximum absolute atomic E-state index is 12.6. The number of hydrogen-bond acceptors (Lipinski definition) is 9. The van der Waals surface area contributed by atoms with Crippen molar-refractivity contribution in [2.75, 3.05) is 19.8 Å². The van der Waals surface area contributed by atoms with E-state index in [1.807, 2.05) is 0 Å². The van der Waals surface area contributed by atoms with Gasteiger partial charge in [-0.3, -0.25) is 23.4 Å². The maximum Gasteiger partial charge on any atom is 0.472 e. The SMILES string of the molecule is CC/C=C/C/C=C/C/C=C/C/C=C/C/C=C/CCCCCC(=O)O[C@@H](COC(=O)CCCCCCCCCCC)COP(=O)(O)OC[C@H](N)C(=O)O. The number of rotatable bonds is 35. The fourth-order valence-electron chi connectivity index (χ4n) is 4.74. The molecule has 0 aliphatic rings. The molecule has 0 aromatic carbocycles. The van der Waals surface area contributed by atoms with Gasteiger partial charge in [0.15, 0.2) is 6.10 Å². The quantitative estimate of drug-likeness (QED) is 0.0244. The van der Waals surface area contributed by atoms with Crippen molar-refractivity contribution in [1.82, 2.24) is 0 Å². The summed E-state index contributed by atoms with van der Waals surface area (Å²) < 4.78 is 32.5. The lowest BCUT2D eigenvalue weighted by Gasteiger charge is -2.20. The molecule has 12 heteroatoms. The fraction of sp³-hybridized carbons (Fsp3) is 0.675. The number of carboxylic acids is 1. The molecular weight excluding hydrogens is 685 g/mol. The van der Waals surface area contributed by atoms with Crippen molar-refractivity contribution in [3.05, 3.63) is 60.8 Å². The van der Waals surface area contributed by atoms with Crippen molar-refractivity contribution in [2.24, 2.45) is 5.73 Å². The highest BCUT2D eigenvalue weighted by Gasteiger charge is 2.28. The van der Waals surface area contributed by atoms with E-state index in [2.05, 4.69) is 79.1 Å². The van der Waals surface area contributed by atoms with Crippen molar-refractivity contribution in [3.8, 4) is 0 Å². The van der Waals surface area contributed by atoms with Crippen LogP contribution in [0.5, 0.6) is 0 Å². The zero-order valence-corrected chi connectivity index (χ0v) is 32.8. The summed E-state index contributed by atoms with van der Waals surface area (Å²) in [7, 11) is -4.72. The van der Waals surface area contributed by atoms with Crippen molar-refractivity contribution < 1.29 is 47.5 Å². The Labute approximate surface area is 313 Å². The molecule has 298 valence electrons. The van der Waals surface area contributed by atoms with E-state index >= 15 is 0 Å². The van der Waals surface area contributed by atoms with Gasteiger partial charge in [-0.05, 0) is 57.8 Å². The topological polar surface area (TPSA) is 172 Å². The third-order valence-corrected chi connectivity index (χ3v) is 8.73. The summed E-state index contributed by atoms with van der Waals surface area (Å²) in [5.74, 6) is -2.43. The third-order valence-electron chi connectivity index (χ3n) is 7.78. The van der Waals surface area contributed by atoms with Gasteiger partial charge >= 0.3 is 25.7 Å². The Bertz CT molecular complexity index is 1120. The average molecular weight is 754 g/mol. The summed E-state index contributed by atoms with van der Waals surface area (Å²) in [5, 5.41) is 8.85. The number of aliphatic carboxylic acids is 1. The first kappa shape index (κ1) is 49.2. The van der Waals surface area contributed by atoms with E-state index in [9.17, 15) is 23.8 Å². The van der Waals surface area contributed by atoms with Gasteiger partial charge in [-0.2, -0.15) is 0 Å². The van der Waals surface area contributed by atoms with Crippen LogP contribution in [0.4, 0.5) is 0 Å². The summed E-state index contributed by atoms with van der Waals surface area (Å²) in [6.07, 6.45) is 38.7. The summed E-state index contributed by atoms with van der Waals surface area (Å²) >= 11 is 0. The number of unbranched alkanes of at least 4 members (excludes halogenated alkanes) is 11. The highest BCUT2D eigenvalue weighted by Crippen LogP contribution is 2.43. The van der Waals surface area contributed by atoms with Gasteiger partial charge in [0.05, 0.1) is 13.2 Å². The number of ether oxygens (including phenoxy) is 2. The van der Waals surface area contributed by atoms with Gasteiger partial charge in [0, 0.05) is 12.8 Å². The molecule has 0 saturated heterocycles. The normalized spacial score (nSPS) is 14.5. The lowest BCUT2D eigenvalue weighted by atomic mass is 10.1. The van der Waals surface area contributed by atoms with E-state index < -0.39 is 51.1 Å². The Hall–Kier alpha value is -2.82. The molecule has 0 heterocycles. The molecule has 0 aliphatic carbocycles. The van der Waals surface area contributed by atoms with Crippen LogP contribution in [0, 0.1) is 0 Å². The van der Waals surface area contributed by atoms with Gasteiger partial charge in [0.2, 0.25) is 0 Å². The molecule has 3 atom stereocenters. The first-order valence-corrected chi connectivity index (χ1v) is 20.8. The first-order valence-electron chi connectivity index (χ1n) is 19.3. The molecular formula is C40H68NO10P. The number of allylic oxidation sites excluding steroid dienone is 10. The van der Waals surface area contributed by atoms with Crippen LogP contribution in [0.3, 0.4) is 0 Å². The second-order valence-electron chi connectivity index (χ2n) is 12.7. The monoisotopic (exact) mass is 753 g/mol. The second kappa shape index (κ2) is 35.2.